The number of likely N-dealkylation sites (tertiary alicyclic amines) is 1. The van der Waals surface area contributed by atoms with Crippen LogP contribution in [0.3, 0.4) is 0 Å². The highest BCUT2D eigenvalue weighted by atomic mass is 16.3. The molecular weight excluding hydrogens is 138 g/mol. The van der Waals surface area contributed by atoms with E-state index < -0.39 is 0 Å². The van der Waals surface area contributed by atoms with Gasteiger partial charge in [-0.1, -0.05) is 0 Å². The molecule has 1 heterocycles. The summed E-state index contributed by atoms with van der Waals surface area (Å²) in [7, 11) is 2.18. The molecule has 1 aliphatic carbocycles. The number of aliphatic hydroxyl groups is 1. The van der Waals surface area contributed by atoms with Crippen LogP contribution >= 0.6 is 0 Å². The van der Waals surface area contributed by atoms with Crippen LogP contribution in [0.15, 0.2) is 0 Å². The molecule has 0 radical (unpaired) electrons. The van der Waals surface area contributed by atoms with Gasteiger partial charge in [0.05, 0.1) is 6.10 Å². The fourth-order valence-corrected chi connectivity index (χ4v) is 2.60. The third-order valence-electron chi connectivity index (χ3n) is 3.35. The summed E-state index contributed by atoms with van der Waals surface area (Å²) in [6.07, 6.45) is 4.64. The fourth-order valence-electron chi connectivity index (χ4n) is 2.60. The minimum Gasteiger partial charge on any atom is -0.393 e. The van der Waals surface area contributed by atoms with Crippen molar-refractivity contribution in [3.8, 4) is 0 Å². The van der Waals surface area contributed by atoms with E-state index in [4.69, 9.17) is 0 Å². The lowest BCUT2D eigenvalue weighted by Gasteiger charge is -2.32. The van der Waals surface area contributed by atoms with Crippen molar-refractivity contribution in [1.29, 1.82) is 0 Å². The normalized spacial score (nSPS) is 45.8. The number of nitrogens with zero attached hydrogens (tertiary/aromatic N) is 1. The van der Waals surface area contributed by atoms with Crippen molar-refractivity contribution in [3.63, 3.8) is 0 Å². The van der Waals surface area contributed by atoms with Gasteiger partial charge in [-0.05, 0) is 45.2 Å². The number of hydrogen-bond donors (Lipinski definition) is 1. The average molecular weight is 155 g/mol. The maximum atomic E-state index is 9.45. The van der Waals surface area contributed by atoms with E-state index in [0.29, 0.717) is 6.04 Å². The minimum atomic E-state index is -0.0169. The molecule has 2 rings (SSSR count). The van der Waals surface area contributed by atoms with Crippen LogP contribution in [0.5, 0.6) is 0 Å². The van der Waals surface area contributed by atoms with E-state index in [1.54, 1.807) is 0 Å². The second-order valence-corrected chi connectivity index (χ2v) is 4.06. The molecule has 1 saturated heterocycles. The first-order valence-corrected chi connectivity index (χ1v) is 4.65. The van der Waals surface area contributed by atoms with Crippen molar-refractivity contribution >= 4 is 0 Å². The zero-order chi connectivity index (χ0) is 7.84. The summed E-state index contributed by atoms with van der Waals surface area (Å²) in [5.74, 6) is 0.892. The Morgan fingerprint density at radius 3 is 2.91 bits per heavy atom. The maximum Gasteiger partial charge on any atom is 0.0555 e. The van der Waals surface area contributed by atoms with Gasteiger partial charge in [0.1, 0.15) is 0 Å². The van der Waals surface area contributed by atoms with Crippen molar-refractivity contribution in [3.05, 3.63) is 0 Å². The Morgan fingerprint density at radius 1 is 1.27 bits per heavy atom. The summed E-state index contributed by atoms with van der Waals surface area (Å²) in [5.41, 5.74) is 0. The predicted octanol–water partition coefficient (Wildman–Crippen LogP) is 0.851. The summed E-state index contributed by atoms with van der Waals surface area (Å²) in [6.45, 7) is 1.24. The SMILES string of the molecule is CN1CCC2CCC(O)CC21. The van der Waals surface area contributed by atoms with Crippen molar-refractivity contribution < 1.29 is 5.11 Å². The highest BCUT2D eigenvalue weighted by Gasteiger charge is 2.36. The molecule has 2 heteroatoms. The standard InChI is InChI=1S/C9H17NO/c1-10-5-4-7-2-3-8(11)6-9(7)10/h7-9,11H,2-6H2,1H3. The summed E-state index contributed by atoms with van der Waals surface area (Å²) < 4.78 is 0. The van der Waals surface area contributed by atoms with Crippen LogP contribution in [-0.2, 0) is 0 Å². The smallest absolute Gasteiger partial charge is 0.0555 e. The third-order valence-corrected chi connectivity index (χ3v) is 3.35. The Bertz CT molecular complexity index is 148. The molecule has 0 bridgehead atoms. The molecule has 1 saturated carbocycles. The Hall–Kier alpha value is -0.0800. The first-order valence-electron chi connectivity index (χ1n) is 4.65. The van der Waals surface area contributed by atoms with Gasteiger partial charge in [0.15, 0.2) is 0 Å². The van der Waals surface area contributed by atoms with Gasteiger partial charge in [-0.3, -0.25) is 0 Å². The van der Waals surface area contributed by atoms with Crippen molar-refractivity contribution in [1.82, 2.24) is 4.90 Å². The van der Waals surface area contributed by atoms with Crippen LogP contribution in [0, 0.1) is 5.92 Å². The van der Waals surface area contributed by atoms with Gasteiger partial charge < -0.3 is 10.0 Å². The molecule has 0 aromatic rings. The first kappa shape index (κ1) is 7.56. The van der Waals surface area contributed by atoms with Crippen LogP contribution in [0.2, 0.25) is 0 Å². The van der Waals surface area contributed by atoms with Crippen LogP contribution in [-0.4, -0.2) is 35.7 Å². The molecule has 1 N–H and O–H groups in total. The Balaban J connectivity index is 2.01. The minimum absolute atomic E-state index is 0.0169. The topological polar surface area (TPSA) is 23.5 Å². The molecule has 3 unspecified atom stereocenters. The summed E-state index contributed by atoms with van der Waals surface area (Å²) in [4.78, 5) is 2.41. The van der Waals surface area contributed by atoms with E-state index in [0.717, 1.165) is 18.8 Å². The van der Waals surface area contributed by atoms with Gasteiger partial charge in [-0.2, -0.15) is 0 Å². The average Bonchev–Trinajstić information content (AvgIpc) is 2.33. The quantitative estimate of drug-likeness (QED) is 0.560. The fraction of sp³-hybridized carbons (Fsp3) is 1.00. The number of hydrogen-bond acceptors (Lipinski definition) is 2. The molecule has 0 spiro atoms. The van der Waals surface area contributed by atoms with Gasteiger partial charge in [0, 0.05) is 6.04 Å². The second-order valence-electron chi connectivity index (χ2n) is 4.06. The largest absolute Gasteiger partial charge is 0.393 e. The Morgan fingerprint density at radius 2 is 2.09 bits per heavy atom. The predicted molar refractivity (Wildman–Crippen MR) is 44.4 cm³/mol. The summed E-state index contributed by atoms with van der Waals surface area (Å²) in [5, 5.41) is 9.45. The van der Waals surface area contributed by atoms with Crippen LogP contribution in [0.4, 0.5) is 0 Å². The van der Waals surface area contributed by atoms with E-state index in [2.05, 4.69) is 11.9 Å². The lowest BCUT2D eigenvalue weighted by atomic mass is 9.84. The highest BCUT2D eigenvalue weighted by molar-refractivity contribution is 4.90. The monoisotopic (exact) mass is 155 g/mol. The van der Waals surface area contributed by atoms with Gasteiger partial charge in [0.2, 0.25) is 0 Å². The molecule has 2 fully saturated rings. The molecule has 2 aliphatic rings. The maximum absolute atomic E-state index is 9.45. The van der Waals surface area contributed by atoms with Crippen LogP contribution in [0.1, 0.15) is 25.7 Å². The zero-order valence-electron chi connectivity index (χ0n) is 7.16. The van der Waals surface area contributed by atoms with Gasteiger partial charge in [-0.25, -0.2) is 0 Å². The van der Waals surface area contributed by atoms with Crippen molar-refractivity contribution in [2.75, 3.05) is 13.6 Å². The summed E-state index contributed by atoms with van der Waals surface area (Å²) >= 11 is 0. The van der Waals surface area contributed by atoms with Crippen LogP contribution in [0.25, 0.3) is 0 Å². The van der Waals surface area contributed by atoms with Gasteiger partial charge in [-0.15, -0.1) is 0 Å². The van der Waals surface area contributed by atoms with E-state index in [-0.39, 0.29) is 6.10 Å². The number of rotatable bonds is 0. The van der Waals surface area contributed by atoms with E-state index in [1.165, 1.54) is 19.4 Å². The molecular formula is C9H17NO. The van der Waals surface area contributed by atoms with E-state index in [1.807, 2.05) is 0 Å². The lowest BCUT2D eigenvalue weighted by Crippen LogP contribution is -2.36. The van der Waals surface area contributed by atoms with Gasteiger partial charge >= 0.3 is 0 Å². The van der Waals surface area contributed by atoms with Crippen LogP contribution < -0.4 is 0 Å². The van der Waals surface area contributed by atoms with E-state index >= 15 is 0 Å². The molecule has 0 aromatic heterocycles. The molecule has 0 amide bonds. The molecule has 0 aromatic carbocycles. The molecule has 1 aliphatic heterocycles. The Labute approximate surface area is 68.2 Å². The number of fused-ring (bicyclic) bond motifs is 1. The molecule has 2 nitrogen and oxygen atoms in total. The van der Waals surface area contributed by atoms with Gasteiger partial charge in [0.25, 0.3) is 0 Å². The van der Waals surface area contributed by atoms with Crippen molar-refractivity contribution in [2.45, 2.75) is 37.8 Å². The highest BCUT2D eigenvalue weighted by Crippen LogP contribution is 2.35. The molecule has 64 valence electrons. The molecule has 11 heavy (non-hydrogen) atoms. The zero-order valence-corrected chi connectivity index (χ0v) is 7.16. The molecule has 3 atom stereocenters. The number of aliphatic hydroxyl groups excluding tert-OH is 1. The summed E-state index contributed by atoms with van der Waals surface area (Å²) in [6, 6.07) is 0.693. The Kier molecular flexibility index (Phi) is 1.90. The third kappa shape index (κ3) is 1.30. The van der Waals surface area contributed by atoms with E-state index in [9.17, 15) is 5.11 Å². The van der Waals surface area contributed by atoms with Crippen molar-refractivity contribution in [2.24, 2.45) is 5.92 Å². The second kappa shape index (κ2) is 2.76. The first-order chi connectivity index (χ1) is 5.27. The lowest BCUT2D eigenvalue weighted by molar-refractivity contribution is 0.0714.